The summed E-state index contributed by atoms with van der Waals surface area (Å²) in [6, 6.07) is 4.02. The molecule has 0 spiro atoms. The average molecular weight is 303 g/mol. The lowest BCUT2D eigenvalue weighted by atomic mass is 10.2. The van der Waals surface area contributed by atoms with Crippen molar-refractivity contribution in [2.45, 2.75) is 19.4 Å². The van der Waals surface area contributed by atoms with Crippen molar-refractivity contribution in [3.05, 3.63) is 32.8 Å². The number of hydrogen-bond donors (Lipinski definition) is 2. The van der Waals surface area contributed by atoms with E-state index >= 15 is 0 Å². The molecule has 1 aromatic rings. The van der Waals surface area contributed by atoms with Gasteiger partial charge in [0.15, 0.2) is 0 Å². The Bertz CT molecular complexity index is 450. The molecular formula is C10H11BrN2O4. The second kappa shape index (κ2) is 5.62. The van der Waals surface area contributed by atoms with E-state index in [-0.39, 0.29) is 18.2 Å². The Morgan fingerprint density at radius 2 is 2.29 bits per heavy atom. The SMILES string of the molecule is CC(CC(=O)O)Nc1ccc([N+](=O)[O-])cc1Br. The quantitative estimate of drug-likeness (QED) is 0.644. The van der Waals surface area contributed by atoms with Crippen molar-refractivity contribution in [2.24, 2.45) is 0 Å². The van der Waals surface area contributed by atoms with Gasteiger partial charge in [-0.15, -0.1) is 0 Å². The molecule has 1 aromatic carbocycles. The van der Waals surface area contributed by atoms with Crippen LogP contribution in [-0.4, -0.2) is 22.0 Å². The largest absolute Gasteiger partial charge is 0.481 e. The summed E-state index contributed by atoms with van der Waals surface area (Å²) in [6.07, 6.45) is -0.0244. The number of nitrogens with zero attached hydrogens (tertiary/aromatic N) is 1. The lowest BCUT2D eigenvalue weighted by Gasteiger charge is -2.14. The standard InChI is InChI=1S/C10H11BrN2O4/c1-6(4-10(14)15)12-9-3-2-7(13(16)17)5-8(9)11/h2-3,5-6,12H,4H2,1H3,(H,14,15). The number of non-ortho nitro benzene ring substituents is 1. The maximum Gasteiger partial charge on any atom is 0.305 e. The first kappa shape index (κ1) is 13.4. The average Bonchev–Trinajstić information content (AvgIpc) is 2.19. The number of benzene rings is 1. The Balaban J connectivity index is 2.79. The normalized spacial score (nSPS) is 11.9. The molecule has 0 fully saturated rings. The van der Waals surface area contributed by atoms with Gasteiger partial charge in [-0.2, -0.15) is 0 Å². The summed E-state index contributed by atoms with van der Waals surface area (Å²) in [5.74, 6) is -0.900. The molecule has 0 saturated heterocycles. The summed E-state index contributed by atoms with van der Waals surface area (Å²) in [6.45, 7) is 1.72. The van der Waals surface area contributed by atoms with Crippen molar-refractivity contribution in [3.8, 4) is 0 Å². The number of rotatable bonds is 5. The molecule has 92 valence electrons. The zero-order valence-electron chi connectivity index (χ0n) is 9.01. The lowest BCUT2D eigenvalue weighted by molar-refractivity contribution is -0.384. The Kier molecular flexibility index (Phi) is 4.45. The highest BCUT2D eigenvalue weighted by atomic mass is 79.9. The summed E-state index contributed by atoms with van der Waals surface area (Å²) in [7, 11) is 0. The van der Waals surface area contributed by atoms with Gasteiger partial charge < -0.3 is 10.4 Å². The molecule has 1 atom stereocenters. The van der Waals surface area contributed by atoms with Gasteiger partial charge in [-0.3, -0.25) is 14.9 Å². The topological polar surface area (TPSA) is 92.5 Å². The third kappa shape index (κ3) is 4.03. The van der Waals surface area contributed by atoms with E-state index in [1.807, 2.05) is 0 Å². The van der Waals surface area contributed by atoms with E-state index in [0.29, 0.717) is 10.2 Å². The summed E-state index contributed by atoms with van der Waals surface area (Å²) in [5.41, 5.74) is 0.609. The molecule has 0 heterocycles. The van der Waals surface area contributed by atoms with Crippen molar-refractivity contribution in [2.75, 3.05) is 5.32 Å². The van der Waals surface area contributed by atoms with Crippen molar-refractivity contribution >= 4 is 33.3 Å². The van der Waals surface area contributed by atoms with Gasteiger partial charge in [0.05, 0.1) is 11.3 Å². The Morgan fingerprint density at radius 1 is 1.65 bits per heavy atom. The number of halogens is 1. The molecular weight excluding hydrogens is 292 g/mol. The van der Waals surface area contributed by atoms with Crippen LogP contribution in [0.2, 0.25) is 0 Å². The van der Waals surface area contributed by atoms with Crippen LogP contribution in [0.1, 0.15) is 13.3 Å². The van der Waals surface area contributed by atoms with E-state index in [0.717, 1.165) is 0 Å². The van der Waals surface area contributed by atoms with E-state index in [2.05, 4.69) is 21.2 Å². The molecule has 0 bridgehead atoms. The number of carboxylic acid groups (broad SMARTS) is 1. The van der Waals surface area contributed by atoms with E-state index in [4.69, 9.17) is 5.11 Å². The van der Waals surface area contributed by atoms with Gasteiger partial charge in [-0.25, -0.2) is 0 Å². The number of carbonyl (C=O) groups is 1. The van der Waals surface area contributed by atoms with Crippen LogP contribution in [-0.2, 0) is 4.79 Å². The molecule has 0 aliphatic carbocycles. The highest BCUT2D eigenvalue weighted by Gasteiger charge is 2.12. The Labute approximate surface area is 106 Å². The van der Waals surface area contributed by atoms with Gasteiger partial charge in [-0.1, -0.05) is 0 Å². The summed E-state index contributed by atoms with van der Waals surface area (Å²) >= 11 is 3.20. The summed E-state index contributed by atoms with van der Waals surface area (Å²) in [4.78, 5) is 20.5. The fraction of sp³-hybridized carbons (Fsp3) is 0.300. The highest BCUT2D eigenvalue weighted by molar-refractivity contribution is 9.10. The minimum Gasteiger partial charge on any atom is -0.481 e. The predicted molar refractivity (Wildman–Crippen MR) is 66.1 cm³/mol. The van der Waals surface area contributed by atoms with Gasteiger partial charge >= 0.3 is 5.97 Å². The number of anilines is 1. The number of hydrogen-bond acceptors (Lipinski definition) is 4. The molecule has 0 aliphatic rings. The highest BCUT2D eigenvalue weighted by Crippen LogP contribution is 2.27. The molecule has 1 unspecified atom stereocenters. The van der Waals surface area contributed by atoms with Crippen LogP contribution in [0.15, 0.2) is 22.7 Å². The minimum absolute atomic E-state index is 0.0201. The summed E-state index contributed by atoms with van der Waals surface area (Å²) in [5, 5.41) is 22.1. The molecule has 0 aliphatic heterocycles. The van der Waals surface area contributed by atoms with Crippen molar-refractivity contribution in [3.63, 3.8) is 0 Å². The second-order valence-corrected chi connectivity index (χ2v) is 4.42. The van der Waals surface area contributed by atoms with Crippen LogP contribution >= 0.6 is 15.9 Å². The minimum atomic E-state index is -0.900. The van der Waals surface area contributed by atoms with Gasteiger partial charge in [-0.05, 0) is 28.9 Å². The first-order valence-corrected chi connectivity index (χ1v) is 5.61. The first-order chi connectivity index (χ1) is 7.90. The molecule has 7 heteroatoms. The Morgan fingerprint density at radius 3 is 2.76 bits per heavy atom. The smallest absolute Gasteiger partial charge is 0.305 e. The van der Waals surface area contributed by atoms with Crippen molar-refractivity contribution < 1.29 is 14.8 Å². The predicted octanol–water partition coefficient (Wildman–Crippen LogP) is 2.63. The third-order valence-corrected chi connectivity index (χ3v) is 2.70. The van der Waals surface area contributed by atoms with E-state index in [1.165, 1.54) is 12.1 Å². The monoisotopic (exact) mass is 302 g/mol. The zero-order valence-corrected chi connectivity index (χ0v) is 10.6. The molecule has 1 rings (SSSR count). The van der Waals surface area contributed by atoms with Gasteiger partial charge in [0.1, 0.15) is 0 Å². The van der Waals surface area contributed by atoms with E-state index in [1.54, 1.807) is 13.0 Å². The van der Waals surface area contributed by atoms with Crippen LogP contribution in [0.3, 0.4) is 0 Å². The van der Waals surface area contributed by atoms with E-state index in [9.17, 15) is 14.9 Å². The lowest BCUT2D eigenvalue weighted by Crippen LogP contribution is -2.19. The molecule has 2 N–H and O–H groups in total. The van der Waals surface area contributed by atoms with E-state index < -0.39 is 10.9 Å². The Hall–Kier alpha value is -1.63. The fourth-order valence-corrected chi connectivity index (χ4v) is 1.79. The molecule has 0 radical (unpaired) electrons. The zero-order chi connectivity index (χ0) is 13.0. The number of aliphatic carboxylic acids is 1. The van der Waals surface area contributed by atoms with Gasteiger partial charge in [0.25, 0.3) is 5.69 Å². The number of nitro groups is 1. The van der Waals surface area contributed by atoms with Crippen LogP contribution in [0.4, 0.5) is 11.4 Å². The molecule has 6 nitrogen and oxygen atoms in total. The second-order valence-electron chi connectivity index (χ2n) is 3.56. The van der Waals surface area contributed by atoms with Crippen LogP contribution in [0.5, 0.6) is 0 Å². The van der Waals surface area contributed by atoms with Crippen molar-refractivity contribution in [1.29, 1.82) is 0 Å². The fourth-order valence-electron chi connectivity index (χ4n) is 1.31. The molecule has 17 heavy (non-hydrogen) atoms. The third-order valence-electron chi connectivity index (χ3n) is 2.05. The first-order valence-electron chi connectivity index (χ1n) is 4.82. The van der Waals surface area contributed by atoms with Crippen LogP contribution < -0.4 is 5.32 Å². The van der Waals surface area contributed by atoms with Gasteiger partial charge in [0.2, 0.25) is 0 Å². The molecule has 0 saturated carbocycles. The summed E-state index contributed by atoms with van der Waals surface area (Å²) < 4.78 is 0.531. The maximum atomic E-state index is 10.5. The molecule has 0 amide bonds. The number of carboxylic acids is 1. The molecule has 0 aromatic heterocycles. The van der Waals surface area contributed by atoms with Crippen LogP contribution in [0, 0.1) is 10.1 Å². The van der Waals surface area contributed by atoms with Gasteiger partial charge in [0, 0.05) is 28.3 Å². The number of nitrogens with one attached hydrogen (secondary N) is 1. The maximum absolute atomic E-state index is 10.5. The van der Waals surface area contributed by atoms with Crippen molar-refractivity contribution in [1.82, 2.24) is 0 Å². The van der Waals surface area contributed by atoms with Crippen LogP contribution in [0.25, 0.3) is 0 Å². The number of nitro benzene ring substituents is 1.